The van der Waals surface area contributed by atoms with Crippen molar-refractivity contribution in [2.75, 3.05) is 33.2 Å². The largest absolute Gasteiger partial charge is 0.480 e. The van der Waals surface area contributed by atoms with Gasteiger partial charge >= 0.3 is 5.97 Å². The second kappa shape index (κ2) is 13.9. The van der Waals surface area contributed by atoms with Gasteiger partial charge in [-0.3, -0.25) is 19.3 Å². The highest BCUT2D eigenvalue weighted by Gasteiger charge is 2.18. The van der Waals surface area contributed by atoms with Crippen LogP contribution in [0.2, 0.25) is 0 Å². The Morgan fingerprint density at radius 2 is 1.78 bits per heavy atom. The number of nitrogens with zero attached hydrogens (tertiary/aromatic N) is 5. The van der Waals surface area contributed by atoms with E-state index in [0.29, 0.717) is 31.7 Å². The molecule has 2 N–H and O–H groups in total. The first-order valence-electron chi connectivity index (χ1n) is 13.2. The predicted molar refractivity (Wildman–Crippen MR) is 154 cm³/mol. The standard InChI is InChI=1S/C31H32N6O4/c1-35(21-31(40)41)30(39)20-36(19-26-7-4-6-25-5-2-3-8-28(25)26)14-13-34-29(38)15-27-17-33-22-37(27)18-24-11-9-23(16-32)10-12-24/h2-12,17,22H,13-15,18-21H2,1H3,(H,34,38)(H,40,41). The molecular weight excluding hydrogens is 520 g/mol. The van der Waals surface area contributed by atoms with Crippen LogP contribution < -0.4 is 5.32 Å². The fourth-order valence-electron chi connectivity index (χ4n) is 4.59. The van der Waals surface area contributed by atoms with Gasteiger partial charge in [0.05, 0.1) is 30.9 Å². The van der Waals surface area contributed by atoms with Crippen molar-refractivity contribution in [2.45, 2.75) is 19.5 Å². The van der Waals surface area contributed by atoms with E-state index < -0.39 is 5.97 Å². The third-order valence-corrected chi connectivity index (χ3v) is 6.76. The number of fused-ring (bicyclic) bond motifs is 1. The monoisotopic (exact) mass is 552 g/mol. The number of rotatable bonds is 13. The summed E-state index contributed by atoms with van der Waals surface area (Å²) in [4.78, 5) is 44.0. The molecule has 0 atom stereocenters. The van der Waals surface area contributed by atoms with Crippen LogP contribution in [-0.2, 0) is 33.9 Å². The minimum Gasteiger partial charge on any atom is -0.480 e. The number of nitrogens with one attached hydrogen (secondary N) is 1. The number of imidazole rings is 1. The van der Waals surface area contributed by atoms with Crippen molar-refractivity contribution in [1.29, 1.82) is 5.26 Å². The summed E-state index contributed by atoms with van der Waals surface area (Å²) < 4.78 is 1.89. The highest BCUT2D eigenvalue weighted by Crippen LogP contribution is 2.20. The summed E-state index contributed by atoms with van der Waals surface area (Å²) in [6.45, 7) is 1.32. The molecule has 0 unspecified atom stereocenters. The van der Waals surface area contributed by atoms with Gasteiger partial charge in [0.15, 0.2) is 0 Å². The van der Waals surface area contributed by atoms with Gasteiger partial charge in [-0.2, -0.15) is 5.26 Å². The van der Waals surface area contributed by atoms with Crippen LogP contribution in [0.15, 0.2) is 79.3 Å². The van der Waals surface area contributed by atoms with Crippen molar-refractivity contribution in [3.05, 3.63) is 102 Å². The second-order valence-corrected chi connectivity index (χ2v) is 9.84. The van der Waals surface area contributed by atoms with Crippen molar-refractivity contribution >= 4 is 28.6 Å². The van der Waals surface area contributed by atoms with Gasteiger partial charge < -0.3 is 19.9 Å². The first-order valence-corrected chi connectivity index (χ1v) is 13.2. The van der Waals surface area contributed by atoms with Crippen LogP contribution in [0.4, 0.5) is 0 Å². The Balaban J connectivity index is 1.38. The summed E-state index contributed by atoms with van der Waals surface area (Å²) in [6.07, 6.45) is 3.47. The fourth-order valence-corrected chi connectivity index (χ4v) is 4.59. The van der Waals surface area contributed by atoms with Crippen molar-refractivity contribution in [2.24, 2.45) is 0 Å². The zero-order valence-corrected chi connectivity index (χ0v) is 22.9. The number of hydrogen-bond donors (Lipinski definition) is 2. The van der Waals surface area contributed by atoms with Crippen LogP contribution in [0, 0.1) is 11.3 Å². The molecule has 2 amide bonds. The fraction of sp³-hybridized carbons (Fsp3) is 0.258. The Kier molecular flexibility index (Phi) is 9.80. The van der Waals surface area contributed by atoms with Crippen LogP contribution in [0.5, 0.6) is 0 Å². The summed E-state index contributed by atoms with van der Waals surface area (Å²) in [5, 5.41) is 23.2. The number of amides is 2. The van der Waals surface area contributed by atoms with Gasteiger partial charge in [-0.25, -0.2) is 4.98 Å². The smallest absolute Gasteiger partial charge is 0.323 e. The molecule has 0 aliphatic rings. The Labute approximate surface area is 238 Å². The molecular formula is C31H32N6O4. The van der Waals surface area contributed by atoms with Gasteiger partial charge in [0.1, 0.15) is 6.54 Å². The number of likely N-dealkylation sites (N-methyl/N-ethyl adjacent to an activating group) is 1. The van der Waals surface area contributed by atoms with E-state index in [1.165, 1.54) is 11.9 Å². The lowest BCUT2D eigenvalue weighted by atomic mass is 10.0. The van der Waals surface area contributed by atoms with E-state index >= 15 is 0 Å². The maximum Gasteiger partial charge on any atom is 0.323 e. The molecule has 0 aliphatic carbocycles. The van der Waals surface area contributed by atoms with Gasteiger partial charge in [0.25, 0.3) is 0 Å². The van der Waals surface area contributed by atoms with E-state index in [-0.39, 0.29) is 31.3 Å². The second-order valence-electron chi connectivity index (χ2n) is 9.84. The summed E-state index contributed by atoms with van der Waals surface area (Å²) >= 11 is 0. The molecule has 0 radical (unpaired) electrons. The molecule has 10 heteroatoms. The lowest BCUT2D eigenvalue weighted by molar-refractivity contribution is -0.143. The molecule has 4 rings (SSSR count). The molecule has 0 aliphatic heterocycles. The summed E-state index contributed by atoms with van der Waals surface area (Å²) in [7, 11) is 1.47. The lowest BCUT2D eigenvalue weighted by Crippen LogP contribution is -2.43. The minimum absolute atomic E-state index is 0.0141. The Bertz CT molecular complexity index is 1550. The van der Waals surface area contributed by atoms with Crippen molar-refractivity contribution < 1.29 is 19.5 Å². The topological polar surface area (TPSA) is 132 Å². The maximum absolute atomic E-state index is 12.8. The minimum atomic E-state index is -1.08. The molecule has 0 saturated carbocycles. The van der Waals surface area contributed by atoms with E-state index in [0.717, 1.165) is 27.6 Å². The first-order chi connectivity index (χ1) is 19.8. The average Bonchev–Trinajstić information content (AvgIpc) is 3.39. The predicted octanol–water partition coefficient (Wildman–Crippen LogP) is 2.66. The maximum atomic E-state index is 12.8. The van der Waals surface area contributed by atoms with E-state index in [1.54, 1.807) is 24.7 Å². The highest BCUT2D eigenvalue weighted by molar-refractivity contribution is 5.86. The Morgan fingerprint density at radius 1 is 1.02 bits per heavy atom. The van der Waals surface area contributed by atoms with Gasteiger partial charge in [-0.1, -0.05) is 54.6 Å². The number of carbonyl (C=O) groups excluding carboxylic acids is 2. The number of carboxylic acids is 1. The summed E-state index contributed by atoms with van der Waals surface area (Å²) in [5.74, 6) is -1.57. The van der Waals surface area contributed by atoms with Crippen LogP contribution in [0.25, 0.3) is 10.8 Å². The molecule has 210 valence electrons. The Morgan fingerprint density at radius 3 is 2.54 bits per heavy atom. The first kappa shape index (κ1) is 29.0. The molecule has 4 aromatic rings. The molecule has 0 spiro atoms. The van der Waals surface area contributed by atoms with Crippen molar-refractivity contribution in [3.63, 3.8) is 0 Å². The quantitative estimate of drug-likeness (QED) is 0.261. The number of carbonyl (C=O) groups is 3. The number of carboxylic acid groups (broad SMARTS) is 1. The van der Waals surface area contributed by atoms with Crippen molar-refractivity contribution in [3.8, 4) is 6.07 Å². The molecule has 0 saturated heterocycles. The van der Waals surface area contributed by atoms with Gasteiger partial charge in [-0.05, 0) is 34.0 Å². The number of aliphatic carboxylic acids is 1. The third-order valence-electron chi connectivity index (χ3n) is 6.76. The molecule has 3 aromatic carbocycles. The molecule has 41 heavy (non-hydrogen) atoms. The van der Waals surface area contributed by atoms with Crippen molar-refractivity contribution in [1.82, 2.24) is 24.7 Å². The zero-order chi connectivity index (χ0) is 29.2. The highest BCUT2D eigenvalue weighted by atomic mass is 16.4. The van der Waals surface area contributed by atoms with E-state index in [1.807, 2.05) is 64.1 Å². The van der Waals surface area contributed by atoms with Gasteiger partial charge in [-0.15, -0.1) is 0 Å². The van der Waals surface area contributed by atoms with E-state index in [9.17, 15) is 14.4 Å². The van der Waals surface area contributed by atoms with Crippen LogP contribution in [0.3, 0.4) is 0 Å². The number of aromatic nitrogens is 2. The number of nitriles is 1. The number of hydrogen-bond acceptors (Lipinski definition) is 6. The van der Waals surface area contributed by atoms with E-state index in [4.69, 9.17) is 10.4 Å². The SMILES string of the molecule is CN(CC(=O)O)C(=O)CN(CCNC(=O)Cc1cncn1Cc1ccc(C#N)cc1)Cc1cccc2ccccc12. The van der Waals surface area contributed by atoms with E-state index in [2.05, 4.69) is 16.4 Å². The molecule has 1 aromatic heterocycles. The average molecular weight is 553 g/mol. The summed E-state index contributed by atoms with van der Waals surface area (Å²) in [6, 6.07) is 23.4. The molecule has 0 bridgehead atoms. The Hall–Kier alpha value is -5.01. The molecule has 0 fully saturated rings. The third kappa shape index (κ3) is 8.24. The van der Waals surface area contributed by atoms with Crippen LogP contribution >= 0.6 is 0 Å². The lowest BCUT2D eigenvalue weighted by Gasteiger charge is -2.25. The van der Waals surface area contributed by atoms with Crippen LogP contribution in [-0.4, -0.2) is 75.5 Å². The molecule has 1 heterocycles. The van der Waals surface area contributed by atoms with Gasteiger partial charge in [0.2, 0.25) is 11.8 Å². The normalized spacial score (nSPS) is 10.9. The molecule has 10 nitrogen and oxygen atoms in total. The number of benzene rings is 3. The van der Waals surface area contributed by atoms with Crippen LogP contribution in [0.1, 0.15) is 22.4 Å². The summed E-state index contributed by atoms with van der Waals surface area (Å²) in [5.41, 5.74) is 3.37. The van der Waals surface area contributed by atoms with Gasteiger partial charge in [0, 0.05) is 45.1 Å². The zero-order valence-electron chi connectivity index (χ0n) is 22.9.